The third-order valence-corrected chi connectivity index (χ3v) is 16.0. The van der Waals surface area contributed by atoms with Crippen LogP contribution in [0.5, 0.6) is 34.5 Å². The quantitative estimate of drug-likeness (QED) is 0.103. The zero-order valence-corrected chi connectivity index (χ0v) is 39.1. The molecule has 0 aliphatic carbocycles. The first-order chi connectivity index (χ1) is 28.0. The summed E-state index contributed by atoms with van der Waals surface area (Å²) in [5, 5.41) is 0. The second-order valence-electron chi connectivity index (χ2n) is 15.5. The summed E-state index contributed by atoms with van der Waals surface area (Å²) in [6.45, 7) is 24.5. The van der Waals surface area contributed by atoms with Crippen LogP contribution in [-0.2, 0) is 0 Å². The van der Waals surface area contributed by atoms with Gasteiger partial charge in [-0.1, -0.05) is 0 Å². The third kappa shape index (κ3) is 11.7. The molecule has 6 rings (SSSR count). The molecule has 6 aromatic carbocycles. The minimum atomic E-state index is -4.28. The molecule has 0 amide bonds. The summed E-state index contributed by atoms with van der Waals surface area (Å²) in [5.41, 5.74) is 12.3. The van der Waals surface area contributed by atoms with E-state index in [0.29, 0.717) is 34.5 Å². The molecule has 0 heterocycles. The van der Waals surface area contributed by atoms with E-state index in [0.717, 1.165) is 66.8 Å². The Morgan fingerprint density at radius 2 is 0.661 bits per heavy atom. The van der Waals surface area contributed by atoms with E-state index in [9.17, 15) is 0 Å². The van der Waals surface area contributed by atoms with Crippen LogP contribution >= 0.6 is 24.7 Å². The second-order valence-corrected chi connectivity index (χ2v) is 20.7. The summed E-state index contributed by atoms with van der Waals surface area (Å²) in [6.07, 6.45) is 0. The Bertz CT molecular complexity index is 2340. The molecule has 0 aromatic heterocycles. The molecule has 59 heavy (non-hydrogen) atoms. The molecule has 1 N–H and O–H groups in total. The first kappa shape index (κ1) is 43.7. The van der Waals surface area contributed by atoms with Gasteiger partial charge in [0.2, 0.25) is 0 Å². The number of benzene rings is 6. The summed E-state index contributed by atoms with van der Waals surface area (Å²) in [6, 6.07) is 36.4. The average molecular weight is 851 g/mol. The molecular weight excluding hydrogens is 793 g/mol. The monoisotopic (exact) mass is 850 g/mol. The van der Waals surface area contributed by atoms with Crippen molar-refractivity contribution in [3.8, 4) is 34.5 Å². The van der Waals surface area contributed by atoms with Crippen LogP contribution in [0.3, 0.4) is 0 Å². The molecular formula is C48H57N2O6P3. The maximum absolute atomic E-state index is 7.25. The van der Waals surface area contributed by atoms with Gasteiger partial charge < -0.3 is 0 Å². The first-order valence-electron chi connectivity index (χ1n) is 19.8. The summed E-state index contributed by atoms with van der Waals surface area (Å²) in [7, 11) is -9.05. The fourth-order valence-electron chi connectivity index (χ4n) is 6.63. The van der Waals surface area contributed by atoms with Crippen molar-refractivity contribution in [2.45, 2.75) is 83.1 Å². The van der Waals surface area contributed by atoms with Crippen molar-refractivity contribution in [1.82, 2.24) is 4.86 Å². The van der Waals surface area contributed by atoms with Crippen molar-refractivity contribution in [2.24, 2.45) is 4.52 Å². The third-order valence-electron chi connectivity index (χ3n) is 9.71. The van der Waals surface area contributed by atoms with E-state index < -0.39 is 24.7 Å². The molecule has 0 aliphatic heterocycles. The molecule has 0 spiro atoms. The molecule has 0 saturated carbocycles. The fraction of sp³-hybridized carbons (Fsp3) is 0.250. The van der Waals surface area contributed by atoms with E-state index in [1.54, 1.807) is 0 Å². The van der Waals surface area contributed by atoms with Gasteiger partial charge in [-0.05, 0) is 0 Å². The molecule has 0 unspecified atom stereocenters. The van der Waals surface area contributed by atoms with Crippen LogP contribution in [-0.4, -0.2) is 0 Å². The molecule has 0 aliphatic rings. The van der Waals surface area contributed by atoms with Gasteiger partial charge in [0.1, 0.15) is 0 Å². The predicted octanol–water partition coefficient (Wildman–Crippen LogP) is 14.6. The van der Waals surface area contributed by atoms with E-state index >= 15 is 0 Å². The summed E-state index contributed by atoms with van der Waals surface area (Å²) >= 11 is 0. The van der Waals surface area contributed by atoms with Gasteiger partial charge in [-0.25, -0.2) is 0 Å². The first-order valence-corrected chi connectivity index (χ1v) is 24.0. The van der Waals surface area contributed by atoms with Crippen LogP contribution in [0, 0.1) is 83.1 Å². The Hall–Kier alpha value is -4.83. The standard InChI is InChI=1S/C48H57N2O6P3/c1-31-13-19-43(37(7)25-31)51-57(52-44-20-14-32(2)26-38(44)8)49-59(55-47-23-17-35(5)29-41(47)11,56-48-24-18-36(6)30-42(48)12)50-58(53-45-21-15-33(3)27-39(45)9)54-46-22-16-34(4)28-40(46)10/h13-30,49,58-59H,1-12H3. The molecule has 0 fully saturated rings. The second kappa shape index (κ2) is 19.0. The Balaban J connectivity index is 1.62. The molecule has 0 bridgehead atoms. The van der Waals surface area contributed by atoms with Crippen LogP contribution < -0.4 is 32.0 Å². The SMILES string of the molecule is Cc1ccc(OP(N[PH](N=[PH](Oc2ccc(C)cc2C)Oc2ccc(C)cc2C)(Oc2ccc(C)cc2C)Oc2ccc(C)cc2C)Oc2ccc(C)cc2C)c(C)c1. The van der Waals surface area contributed by atoms with Crippen molar-refractivity contribution in [2.75, 3.05) is 0 Å². The molecule has 0 radical (unpaired) electrons. The topological polar surface area (TPSA) is 79.8 Å². The van der Waals surface area contributed by atoms with Crippen molar-refractivity contribution in [3.63, 3.8) is 0 Å². The molecule has 0 saturated heterocycles. The minimum absolute atomic E-state index is 0.593. The number of hydrogen-bond donors (Lipinski definition) is 1. The molecule has 0 atom stereocenters. The van der Waals surface area contributed by atoms with Gasteiger partial charge >= 0.3 is 355 Å². The van der Waals surface area contributed by atoms with E-state index in [4.69, 9.17) is 31.7 Å². The van der Waals surface area contributed by atoms with Crippen LogP contribution in [0.1, 0.15) is 66.8 Å². The van der Waals surface area contributed by atoms with Gasteiger partial charge in [0.25, 0.3) is 0 Å². The van der Waals surface area contributed by atoms with E-state index in [2.05, 4.69) is 82.8 Å². The van der Waals surface area contributed by atoms with Crippen LogP contribution in [0.2, 0.25) is 0 Å². The van der Waals surface area contributed by atoms with Crippen molar-refractivity contribution in [3.05, 3.63) is 176 Å². The Morgan fingerprint density at radius 3 is 0.949 bits per heavy atom. The maximum atomic E-state index is 7.25. The van der Waals surface area contributed by atoms with Gasteiger partial charge in [-0.2, -0.15) is 0 Å². The zero-order chi connectivity index (χ0) is 42.4. The molecule has 310 valence electrons. The molecule has 8 nitrogen and oxygen atoms in total. The van der Waals surface area contributed by atoms with E-state index in [-0.39, 0.29) is 0 Å². The Morgan fingerprint density at radius 1 is 0.390 bits per heavy atom. The number of rotatable bonds is 15. The number of nitrogens with one attached hydrogen (secondary N) is 1. The van der Waals surface area contributed by atoms with Gasteiger partial charge in [-0.15, -0.1) is 0 Å². The summed E-state index contributed by atoms with van der Waals surface area (Å²) in [5.74, 6) is 3.80. The summed E-state index contributed by atoms with van der Waals surface area (Å²) < 4.78 is 47.5. The normalized spacial score (nSPS) is 11.7. The van der Waals surface area contributed by atoms with Gasteiger partial charge in [-0.3, -0.25) is 0 Å². The van der Waals surface area contributed by atoms with Crippen LogP contribution in [0.4, 0.5) is 0 Å². The molecule has 11 heteroatoms. The predicted molar refractivity (Wildman–Crippen MR) is 248 cm³/mol. The van der Waals surface area contributed by atoms with Crippen molar-refractivity contribution in [1.29, 1.82) is 0 Å². The van der Waals surface area contributed by atoms with Crippen molar-refractivity contribution >= 4 is 24.7 Å². The van der Waals surface area contributed by atoms with Crippen molar-refractivity contribution < 1.29 is 27.1 Å². The number of hydrogen-bond acceptors (Lipinski definition) is 8. The van der Waals surface area contributed by atoms with Gasteiger partial charge in [0, 0.05) is 0 Å². The van der Waals surface area contributed by atoms with Crippen LogP contribution in [0.25, 0.3) is 0 Å². The number of nitrogens with zero attached hydrogens (tertiary/aromatic N) is 1. The Labute approximate surface area is 353 Å². The molecule has 6 aromatic rings. The zero-order valence-electron chi connectivity index (χ0n) is 36.2. The van der Waals surface area contributed by atoms with Gasteiger partial charge in [0.05, 0.1) is 0 Å². The van der Waals surface area contributed by atoms with E-state index in [1.165, 1.54) is 0 Å². The van der Waals surface area contributed by atoms with Gasteiger partial charge in [0.15, 0.2) is 0 Å². The Kier molecular flexibility index (Phi) is 14.1. The summed E-state index contributed by atoms with van der Waals surface area (Å²) in [4.78, 5) is 3.69. The number of aryl methyl sites for hydroxylation is 12. The van der Waals surface area contributed by atoms with E-state index in [1.807, 2.05) is 114 Å². The fourth-order valence-corrected chi connectivity index (χ4v) is 13.4. The average Bonchev–Trinajstić information content (AvgIpc) is 3.15. The van der Waals surface area contributed by atoms with Crippen LogP contribution in [0.15, 0.2) is 114 Å².